The highest BCUT2D eigenvalue weighted by atomic mass is 16.5. The van der Waals surface area contributed by atoms with E-state index in [9.17, 15) is 4.79 Å². The van der Waals surface area contributed by atoms with Crippen molar-refractivity contribution in [2.45, 2.75) is 13.3 Å². The van der Waals surface area contributed by atoms with Gasteiger partial charge in [-0.15, -0.1) is 0 Å². The molecule has 7 heteroatoms. The van der Waals surface area contributed by atoms with Gasteiger partial charge >= 0.3 is 0 Å². The molecular weight excluding hydrogens is 356 g/mol. The lowest BCUT2D eigenvalue weighted by molar-refractivity contribution is 0.0950. The zero-order valence-electron chi connectivity index (χ0n) is 15.8. The summed E-state index contributed by atoms with van der Waals surface area (Å²) in [4.78, 5) is 12.2. The molecule has 1 aromatic heterocycles. The second-order valence-corrected chi connectivity index (χ2v) is 6.01. The van der Waals surface area contributed by atoms with E-state index in [0.29, 0.717) is 18.0 Å². The Balaban J connectivity index is 1.59. The fourth-order valence-electron chi connectivity index (χ4n) is 2.44. The highest BCUT2D eigenvalue weighted by molar-refractivity contribution is 5.94. The lowest BCUT2D eigenvalue weighted by atomic mass is 10.1. The van der Waals surface area contributed by atoms with E-state index in [-0.39, 0.29) is 5.91 Å². The number of carbonyl (C=O) groups is 1. The Hall–Kier alpha value is -3.61. The number of carbonyl (C=O) groups excluding carboxylic acids is 1. The number of nitrogens with one attached hydrogen (secondary N) is 2. The highest BCUT2D eigenvalue weighted by Crippen LogP contribution is 2.21. The molecule has 1 amide bonds. The Morgan fingerprint density at radius 2 is 1.86 bits per heavy atom. The minimum absolute atomic E-state index is 0.327. The van der Waals surface area contributed by atoms with Gasteiger partial charge in [0.1, 0.15) is 17.2 Å². The van der Waals surface area contributed by atoms with E-state index in [2.05, 4.69) is 27.6 Å². The van der Waals surface area contributed by atoms with Gasteiger partial charge < -0.3 is 9.47 Å². The Bertz CT molecular complexity index is 931. The molecule has 144 valence electrons. The second-order valence-electron chi connectivity index (χ2n) is 6.01. The van der Waals surface area contributed by atoms with E-state index in [0.717, 1.165) is 29.0 Å². The van der Waals surface area contributed by atoms with Crippen molar-refractivity contribution in [3.8, 4) is 22.8 Å². The zero-order valence-corrected chi connectivity index (χ0v) is 15.8. The van der Waals surface area contributed by atoms with Gasteiger partial charge in [0.25, 0.3) is 5.91 Å². The Labute approximate surface area is 163 Å². The van der Waals surface area contributed by atoms with Crippen LogP contribution < -0.4 is 14.9 Å². The normalized spacial score (nSPS) is 10.8. The zero-order chi connectivity index (χ0) is 19.8. The summed E-state index contributed by atoms with van der Waals surface area (Å²) in [5.41, 5.74) is 5.21. The fraction of sp³-hybridized carbons (Fsp3) is 0.190. The van der Waals surface area contributed by atoms with Crippen molar-refractivity contribution in [3.05, 3.63) is 65.9 Å². The molecule has 0 radical (unpaired) electrons. The number of nitrogens with zero attached hydrogens (tertiary/aromatic N) is 2. The average molecular weight is 378 g/mol. The maximum absolute atomic E-state index is 12.2. The third-order valence-electron chi connectivity index (χ3n) is 3.94. The van der Waals surface area contributed by atoms with Gasteiger partial charge in [-0.2, -0.15) is 10.2 Å². The summed E-state index contributed by atoms with van der Waals surface area (Å²) in [6.45, 7) is 2.74. The molecule has 2 aromatic carbocycles. The smallest absolute Gasteiger partial charge is 0.289 e. The van der Waals surface area contributed by atoms with E-state index in [1.54, 1.807) is 19.4 Å². The number of benzene rings is 2. The number of methoxy groups -OCH3 is 1. The Kier molecular flexibility index (Phi) is 6.41. The molecule has 28 heavy (non-hydrogen) atoms. The van der Waals surface area contributed by atoms with Crippen LogP contribution in [0.25, 0.3) is 11.3 Å². The number of H-pyrrole nitrogens is 1. The van der Waals surface area contributed by atoms with E-state index in [1.165, 1.54) is 0 Å². The molecule has 0 fully saturated rings. The minimum Gasteiger partial charge on any atom is -0.497 e. The molecule has 0 aliphatic carbocycles. The lowest BCUT2D eigenvalue weighted by Crippen LogP contribution is -2.17. The third kappa shape index (κ3) is 4.97. The molecule has 0 unspecified atom stereocenters. The number of hydrogen-bond donors (Lipinski definition) is 2. The first-order valence-corrected chi connectivity index (χ1v) is 8.95. The van der Waals surface area contributed by atoms with Crippen LogP contribution in [0.2, 0.25) is 0 Å². The maximum Gasteiger partial charge on any atom is 0.289 e. The van der Waals surface area contributed by atoms with Crippen molar-refractivity contribution in [3.63, 3.8) is 0 Å². The van der Waals surface area contributed by atoms with E-state index >= 15 is 0 Å². The minimum atomic E-state index is -0.369. The van der Waals surface area contributed by atoms with Crippen LogP contribution in [-0.4, -0.2) is 36.0 Å². The largest absolute Gasteiger partial charge is 0.497 e. The van der Waals surface area contributed by atoms with Crippen LogP contribution >= 0.6 is 0 Å². The number of aromatic nitrogens is 2. The monoisotopic (exact) mass is 378 g/mol. The van der Waals surface area contributed by atoms with Crippen molar-refractivity contribution < 1.29 is 14.3 Å². The number of hydrazone groups is 1. The summed E-state index contributed by atoms with van der Waals surface area (Å²) in [5, 5.41) is 10.9. The average Bonchev–Trinajstić information content (AvgIpc) is 3.23. The summed E-state index contributed by atoms with van der Waals surface area (Å²) in [5.74, 6) is 1.20. The number of aromatic amines is 1. The molecule has 0 saturated heterocycles. The number of ether oxygens (including phenoxy) is 2. The summed E-state index contributed by atoms with van der Waals surface area (Å²) in [7, 11) is 1.61. The van der Waals surface area contributed by atoms with Gasteiger partial charge in [0, 0.05) is 5.56 Å². The third-order valence-corrected chi connectivity index (χ3v) is 3.94. The first-order chi connectivity index (χ1) is 13.7. The summed E-state index contributed by atoms with van der Waals surface area (Å²) >= 11 is 0. The molecule has 0 atom stereocenters. The highest BCUT2D eigenvalue weighted by Gasteiger charge is 2.10. The molecule has 0 bridgehead atoms. The van der Waals surface area contributed by atoms with Crippen molar-refractivity contribution in [1.82, 2.24) is 15.6 Å². The van der Waals surface area contributed by atoms with Crippen molar-refractivity contribution in [2.24, 2.45) is 5.10 Å². The van der Waals surface area contributed by atoms with Crippen molar-refractivity contribution >= 4 is 12.1 Å². The molecular formula is C21H22N4O3. The van der Waals surface area contributed by atoms with E-state index in [4.69, 9.17) is 9.47 Å². The van der Waals surface area contributed by atoms with Crippen LogP contribution in [0.3, 0.4) is 0 Å². The van der Waals surface area contributed by atoms with Crippen molar-refractivity contribution in [2.75, 3.05) is 13.7 Å². The molecule has 3 aromatic rings. The molecule has 1 heterocycles. The van der Waals surface area contributed by atoms with Crippen LogP contribution in [0.5, 0.6) is 11.5 Å². The van der Waals surface area contributed by atoms with Gasteiger partial charge in [0.2, 0.25) is 0 Å². The predicted octanol–water partition coefficient (Wildman–Crippen LogP) is 3.64. The molecule has 0 saturated carbocycles. The molecule has 7 nitrogen and oxygen atoms in total. The Morgan fingerprint density at radius 1 is 1.14 bits per heavy atom. The van der Waals surface area contributed by atoms with Crippen LogP contribution in [0.4, 0.5) is 0 Å². The Morgan fingerprint density at radius 3 is 2.54 bits per heavy atom. The first kappa shape index (κ1) is 19.2. The van der Waals surface area contributed by atoms with Crippen LogP contribution in [0.15, 0.2) is 59.7 Å². The van der Waals surface area contributed by atoms with Gasteiger partial charge in [-0.1, -0.05) is 6.92 Å². The van der Waals surface area contributed by atoms with Gasteiger partial charge in [0.15, 0.2) is 0 Å². The second kappa shape index (κ2) is 9.36. The predicted molar refractivity (Wildman–Crippen MR) is 108 cm³/mol. The van der Waals surface area contributed by atoms with E-state index in [1.807, 2.05) is 48.5 Å². The quantitative estimate of drug-likeness (QED) is 0.463. The molecule has 2 N–H and O–H groups in total. The lowest BCUT2D eigenvalue weighted by Gasteiger charge is -2.04. The maximum atomic E-state index is 12.2. The molecule has 0 aliphatic rings. The summed E-state index contributed by atoms with van der Waals surface area (Å²) in [6.07, 6.45) is 2.52. The van der Waals surface area contributed by atoms with Gasteiger partial charge in [-0.3, -0.25) is 9.89 Å². The van der Waals surface area contributed by atoms with Crippen molar-refractivity contribution in [1.29, 1.82) is 0 Å². The summed E-state index contributed by atoms with van der Waals surface area (Å²) in [6, 6.07) is 16.6. The van der Waals surface area contributed by atoms with Crippen LogP contribution in [0.1, 0.15) is 29.4 Å². The molecule has 0 aliphatic heterocycles. The molecule has 0 spiro atoms. The number of rotatable bonds is 8. The summed E-state index contributed by atoms with van der Waals surface area (Å²) < 4.78 is 10.7. The number of amides is 1. The SMILES string of the molecule is CCCOc1ccc(-c2cc(C(=O)N/N=C/c3ccc(OC)cc3)[nH]n2)cc1. The van der Waals surface area contributed by atoms with Crippen LogP contribution in [-0.2, 0) is 0 Å². The van der Waals surface area contributed by atoms with Gasteiger partial charge in [-0.05, 0) is 66.6 Å². The fourth-order valence-corrected chi connectivity index (χ4v) is 2.44. The van der Waals surface area contributed by atoms with Gasteiger partial charge in [-0.25, -0.2) is 5.43 Å². The first-order valence-electron chi connectivity index (χ1n) is 8.95. The van der Waals surface area contributed by atoms with Gasteiger partial charge in [0.05, 0.1) is 25.6 Å². The standard InChI is InChI=1S/C21H22N4O3/c1-3-12-28-18-10-6-16(7-11-18)19-13-20(24-23-19)21(26)25-22-14-15-4-8-17(27-2)9-5-15/h4-11,13-14H,3,12H2,1-2H3,(H,23,24)(H,25,26)/b22-14+. The molecule has 3 rings (SSSR count). The van der Waals surface area contributed by atoms with Crippen LogP contribution in [0, 0.1) is 0 Å². The number of hydrogen-bond acceptors (Lipinski definition) is 5. The van der Waals surface area contributed by atoms with E-state index < -0.39 is 0 Å². The topological polar surface area (TPSA) is 88.6 Å².